The lowest BCUT2D eigenvalue weighted by Crippen LogP contribution is -2.36. The molecule has 24 heavy (non-hydrogen) atoms. The lowest BCUT2D eigenvalue weighted by atomic mass is 10.1. The lowest BCUT2D eigenvalue weighted by molar-refractivity contribution is 0.122. The molecule has 126 valence electrons. The number of rotatable bonds is 3. The third-order valence-corrected chi connectivity index (χ3v) is 4.81. The minimum absolute atomic E-state index is 0.574. The summed E-state index contributed by atoms with van der Waals surface area (Å²) in [6.45, 7) is 6.24. The predicted molar refractivity (Wildman–Crippen MR) is 94.5 cm³/mol. The molecule has 0 unspecified atom stereocenters. The first-order valence-electron chi connectivity index (χ1n) is 8.35. The van der Waals surface area contributed by atoms with Crippen molar-refractivity contribution >= 4 is 18.0 Å². The van der Waals surface area contributed by atoms with Crippen LogP contribution in [0, 0.1) is 4.77 Å². The number of aromatic nitrogens is 3. The van der Waals surface area contributed by atoms with Crippen LogP contribution >= 0.6 is 12.2 Å². The van der Waals surface area contributed by atoms with E-state index in [0.29, 0.717) is 4.77 Å². The van der Waals surface area contributed by atoms with E-state index in [1.807, 2.05) is 12.4 Å². The van der Waals surface area contributed by atoms with Crippen molar-refractivity contribution in [3.05, 3.63) is 46.1 Å². The van der Waals surface area contributed by atoms with E-state index in [1.54, 1.807) is 0 Å². The van der Waals surface area contributed by atoms with Crippen LogP contribution in [-0.4, -0.2) is 52.7 Å². The Labute approximate surface area is 146 Å². The summed E-state index contributed by atoms with van der Waals surface area (Å²) in [5.74, 6) is 1.04. The number of nitrogens with one attached hydrogen (secondary N) is 1. The van der Waals surface area contributed by atoms with Gasteiger partial charge in [-0.25, -0.2) is 9.97 Å². The van der Waals surface area contributed by atoms with E-state index in [0.717, 1.165) is 58.2 Å². The van der Waals surface area contributed by atoms with Gasteiger partial charge in [-0.3, -0.25) is 4.90 Å². The summed E-state index contributed by atoms with van der Waals surface area (Å²) in [7, 11) is 0. The van der Waals surface area contributed by atoms with Crippen LogP contribution in [0.25, 0.3) is 0 Å². The molecule has 0 aromatic carbocycles. The monoisotopic (exact) mass is 343 g/mol. The molecule has 0 atom stereocenters. The number of H-pyrrole nitrogens is 1. The summed E-state index contributed by atoms with van der Waals surface area (Å²) in [4.78, 5) is 16.7. The van der Waals surface area contributed by atoms with Crippen molar-refractivity contribution in [1.82, 2.24) is 19.9 Å². The molecule has 0 saturated carbocycles. The van der Waals surface area contributed by atoms with Crippen LogP contribution < -0.4 is 4.90 Å². The van der Waals surface area contributed by atoms with Crippen LogP contribution in [0.4, 0.5) is 5.82 Å². The van der Waals surface area contributed by atoms with Crippen molar-refractivity contribution < 1.29 is 4.74 Å². The highest BCUT2D eigenvalue weighted by Gasteiger charge is 2.17. The molecule has 1 saturated heterocycles. The smallest absolute Gasteiger partial charge is 0.196 e. The molecule has 2 aromatic rings. The van der Waals surface area contributed by atoms with Crippen LogP contribution in [-0.2, 0) is 24.2 Å². The van der Waals surface area contributed by atoms with E-state index in [9.17, 15) is 0 Å². The van der Waals surface area contributed by atoms with E-state index < -0.39 is 0 Å². The highest BCUT2D eigenvalue weighted by atomic mass is 32.1. The van der Waals surface area contributed by atoms with Gasteiger partial charge in [-0.2, -0.15) is 0 Å². The first kappa shape index (κ1) is 15.7. The highest BCUT2D eigenvalue weighted by Crippen LogP contribution is 2.19. The van der Waals surface area contributed by atoms with Gasteiger partial charge in [0, 0.05) is 62.8 Å². The first-order valence-corrected chi connectivity index (χ1v) is 8.76. The molecule has 2 aromatic heterocycles. The molecule has 7 heteroatoms. The SMILES string of the molecule is S=c1ncc2c([nH]1)CCN(Cc1ccc(N3CCOCC3)nc1)C2. The number of anilines is 1. The molecule has 0 radical (unpaired) electrons. The van der Waals surface area contributed by atoms with Crippen LogP contribution in [0.2, 0.25) is 0 Å². The van der Waals surface area contributed by atoms with Gasteiger partial charge in [0.2, 0.25) is 0 Å². The summed E-state index contributed by atoms with van der Waals surface area (Å²) >= 11 is 5.10. The Balaban J connectivity index is 1.40. The van der Waals surface area contributed by atoms with Gasteiger partial charge in [0.15, 0.2) is 4.77 Å². The summed E-state index contributed by atoms with van der Waals surface area (Å²) in [6, 6.07) is 4.31. The van der Waals surface area contributed by atoms with Crippen LogP contribution in [0.5, 0.6) is 0 Å². The maximum Gasteiger partial charge on any atom is 0.196 e. The second kappa shape index (κ2) is 6.96. The molecule has 0 aliphatic carbocycles. The van der Waals surface area contributed by atoms with Gasteiger partial charge in [0.1, 0.15) is 5.82 Å². The molecule has 4 heterocycles. The van der Waals surface area contributed by atoms with Gasteiger partial charge < -0.3 is 14.6 Å². The van der Waals surface area contributed by atoms with Gasteiger partial charge in [-0.05, 0) is 23.8 Å². The largest absolute Gasteiger partial charge is 0.378 e. The number of hydrogen-bond donors (Lipinski definition) is 1. The third kappa shape index (κ3) is 3.48. The Kier molecular flexibility index (Phi) is 4.55. The van der Waals surface area contributed by atoms with E-state index >= 15 is 0 Å². The van der Waals surface area contributed by atoms with Crippen molar-refractivity contribution in [3.63, 3.8) is 0 Å². The number of aromatic amines is 1. The second-order valence-corrected chi connectivity index (χ2v) is 6.66. The molecule has 4 rings (SSSR count). The Bertz CT molecular complexity index is 754. The van der Waals surface area contributed by atoms with Crippen molar-refractivity contribution in [2.24, 2.45) is 0 Å². The van der Waals surface area contributed by atoms with Crippen LogP contribution in [0.1, 0.15) is 16.8 Å². The minimum Gasteiger partial charge on any atom is -0.378 e. The molecule has 6 nitrogen and oxygen atoms in total. The highest BCUT2D eigenvalue weighted by molar-refractivity contribution is 7.71. The zero-order valence-electron chi connectivity index (χ0n) is 13.6. The molecular weight excluding hydrogens is 322 g/mol. The van der Waals surface area contributed by atoms with Crippen molar-refractivity contribution in [2.75, 3.05) is 37.7 Å². The number of ether oxygens (including phenoxy) is 1. The summed E-state index contributed by atoms with van der Waals surface area (Å²) in [6.07, 6.45) is 4.89. The zero-order valence-corrected chi connectivity index (χ0v) is 14.4. The van der Waals surface area contributed by atoms with Crippen LogP contribution in [0.3, 0.4) is 0 Å². The Morgan fingerprint density at radius 2 is 2.00 bits per heavy atom. The normalized spacial score (nSPS) is 18.4. The number of nitrogens with zero attached hydrogens (tertiary/aromatic N) is 4. The number of pyridine rings is 1. The Morgan fingerprint density at radius 3 is 2.79 bits per heavy atom. The Morgan fingerprint density at radius 1 is 1.12 bits per heavy atom. The maximum atomic E-state index is 5.39. The summed E-state index contributed by atoms with van der Waals surface area (Å²) in [5, 5.41) is 0. The summed E-state index contributed by atoms with van der Waals surface area (Å²) < 4.78 is 5.97. The first-order chi connectivity index (χ1) is 11.8. The standard InChI is InChI=1S/C17H21N5OS/c24-17-19-10-14-12-21(4-3-15(14)20-17)11-13-1-2-16(18-9-13)22-5-7-23-8-6-22/h1-2,9-10H,3-8,11-12H2,(H,19,20,24). The molecule has 0 amide bonds. The summed E-state index contributed by atoms with van der Waals surface area (Å²) in [5.41, 5.74) is 3.71. The number of hydrogen-bond acceptors (Lipinski definition) is 6. The lowest BCUT2D eigenvalue weighted by Gasteiger charge is -2.29. The molecule has 1 fully saturated rings. The molecule has 1 N–H and O–H groups in total. The zero-order chi connectivity index (χ0) is 16.4. The maximum absolute atomic E-state index is 5.39. The van der Waals surface area contributed by atoms with E-state index in [4.69, 9.17) is 17.0 Å². The fourth-order valence-corrected chi connectivity index (χ4v) is 3.46. The second-order valence-electron chi connectivity index (χ2n) is 6.28. The fraction of sp³-hybridized carbons (Fsp3) is 0.471. The van der Waals surface area contributed by atoms with E-state index in [2.05, 4.69) is 36.9 Å². The number of fused-ring (bicyclic) bond motifs is 1. The van der Waals surface area contributed by atoms with Gasteiger partial charge in [0.05, 0.1) is 13.2 Å². The van der Waals surface area contributed by atoms with Gasteiger partial charge in [-0.1, -0.05) is 6.07 Å². The average molecular weight is 343 g/mol. The van der Waals surface area contributed by atoms with Gasteiger partial charge in [0.25, 0.3) is 0 Å². The fourth-order valence-electron chi connectivity index (χ4n) is 3.29. The minimum atomic E-state index is 0.574. The number of morpholine rings is 1. The Hall–Kier alpha value is -1.83. The third-order valence-electron chi connectivity index (χ3n) is 4.61. The van der Waals surface area contributed by atoms with E-state index in [1.165, 1.54) is 16.8 Å². The molecule has 0 bridgehead atoms. The van der Waals surface area contributed by atoms with Crippen LogP contribution in [0.15, 0.2) is 24.5 Å². The molecule has 2 aliphatic rings. The average Bonchev–Trinajstić information content (AvgIpc) is 2.63. The van der Waals surface area contributed by atoms with E-state index in [-0.39, 0.29) is 0 Å². The van der Waals surface area contributed by atoms with Crippen molar-refractivity contribution in [2.45, 2.75) is 19.5 Å². The molecular formula is C17H21N5OS. The van der Waals surface area contributed by atoms with Crippen molar-refractivity contribution in [1.29, 1.82) is 0 Å². The topological polar surface area (TPSA) is 57.3 Å². The van der Waals surface area contributed by atoms with Crippen molar-refractivity contribution in [3.8, 4) is 0 Å². The molecule has 0 spiro atoms. The van der Waals surface area contributed by atoms with Gasteiger partial charge >= 0.3 is 0 Å². The molecule has 2 aliphatic heterocycles. The van der Waals surface area contributed by atoms with Gasteiger partial charge in [-0.15, -0.1) is 0 Å². The predicted octanol–water partition coefficient (Wildman–Crippen LogP) is 1.93. The quantitative estimate of drug-likeness (QED) is 0.860.